The summed E-state index contributed by atoms with van der Waals surface area (Å²) in [5.41, 5.74) is 5.85. The van der Waals surface area contributed by atoms with Crippen LogP contribution in [0.1, 0.15) is 20.3 Å². The first-order chi connectivity index (χ1) is 5.24. The highest BCUT2D eigenvalue weighted by molar-refractivity contribution is 5.08. The molecule has 64 valence electrons. The second kappa shape index (κ2) is 2.46. The highest BCUT2D eigenvalue weighted by atomic mass is 15.2. The van der Waals surface area contributed by atoms with Gasteiger partial charge in [0.25, 0.3) is 0 Å². The third kappa shape index (κ3) is 1.09. The molecule has 1 saturated heterocycles. The lowest BCUT2D eigenvalue weighted by atomic mass is 10.2. The van der Waals surface area contributed by atoms with E-state index in [0.717, 1.165) is 17.9 Å². The number of rotatable bonds is 2. The molecule has 1 heterocycles. The van der Waals surface area contributed by atoms with Gasteiger partial charge < -0.3 is 5.73 Å². The monoisotopic (exact) mass is 154 g/mol. The van der Waals surface area contributed by atoms with Gasteiger partial charge in [0.05, 0.1) is 0 Å². The van der Waals surface area contributed by atoms with Crippen molar-refractivity contribution in [3.05, 3.63) is 0 Å². The lowest BCUT2D eigenvalue weighted by Gasteiger charge is -2.24. The molecule has 4 atom stereocenters. The van der Waals surface area contributed by atoms with Crippen molar-refractivity contribution in [2.75, 3.05) is 13.1 Å². The fourth-order valence-electron chi connectivity index (χ4n) is 2.22. The van der Waals surface area contributed by atoms with Crippen LogP contribution in [0.15, 0.2) is 0 Å². The summed E-state index contributed by atoms with van der Waals surface area (Å²) in [6, 6.07) is 1.32. The fraction of sp³-hybridized carbons (Fsp3) is 1.00. The Balaban J connectivity index is 1.85. The van der Waals surface area contributed by atoms with Gasteiger partial charge in [-0.05, 0) is 25.2 Å². The Kier molecular flexibility index (Phi) is 1.69. The summed E-state index contributed by atoms with van der Waals surface area (Å²) in [7, 11) is 0. The van der Waals surface area contributed by atoms with Gasteiger partial charge in [0.2, 0.25) is 0 Å². The predicted octanol–water partition coefficient (Wildman–Crippen LogP) is 0.674. The number of piperidine rings is 1. The molecule has 2 rings (SSSR count). The second-order valence-electron chi connectivity index (χ2n) is 4.12. The normalized spacial score (nSPS) is 45.5. The smallest absolute Gasteiger partial charge is 0.0127 e. The minimum atomic E-state index is 0.551. The first-order valence-electron chi connectivity index (χ1n) is 4.73. The van der Waals surface area contributed by atoms with Crippen molar-refractivity contribution in [3.63, 3.8) is 0 Å². The molecule has 1 aliphatic heterocycles. The van der Waals surface area contributed by atoms with Gasteiger partial charge in [-0.15, -0.1) is 0 Å². The van der Waals surface area contributed by atoms with Gasteiger partial charge in [-0.3, -0.25) is 4.90 Å². The highest BCUT2D eigenvalue weighted by Crippen LogP contribution is 2.44. The van der Waals surface area contributed by atoms with Crippen LogP contribution in [0.25, 0.3) is 0 Å². The molecule has 0 aromatic heterocycles. The van der Waals surface area contributed by atoms with E-state index in [1.54, 1.807) is 0 Å². The average Bonchev–Trinajstić information content (AvgIpc) is 2.55. The number of hydrogen-bond donors (Lipinski definition) is 1. The zero-order valence-electron chi connectivity index (χ0n) is 7.46. The number of likely N-dealkylation sites (tertiary alicyclic amines) is 1. The molecule has 11 heavy (non-hydrogen) atoms. The summed E-state index contributed by atoms with van der Waals surface area (Å²) in [4.78, 5) is 2.58. The second-order valence-corrected chi connectivity index (χ2v) is 4.12. The van der Waals surface area contributed by atoms with Crippen molar-refractivity contribution in [3.8, 4) is 0 Å². The summed E-state index contributed by atoms with van der Waals surface area (Å²) in [6.07, 6.45) is 1.27. The maximum absolute atomic E-state index is 5.85. The van der Waals surface area contributed by atoms with Gasteiger partial charge in [-0.25, -0.2) is 0 Å². The third-order valence-electron chi connectivity index (χ3n) is 3.50. The molecule has 0 amide bonds. The summed E-state index contributed by atoms with van der Waals surface area (Å²) in [5, 5.41) is 0. The Morgan fingerprint density at radius 1 is 1.45 bits per heavy atom. The first-order valence-corrected chi connectivity index (χ1v) is 4.73. The van der Waals surface area contributed by atoms with E-state index in [9.17, 15) is 0 Å². The van der Waals surface area contributed by atoms with Crippen molar-refractivity contribution in [1.29, 1.82) is 0 Å². The van der Waals surface area contributed by atoms with Crippen LogP contribution < -0.4 is 5.73 Å². The van der Waals surface area contributed by atoms with Crippen molar-refractivity contribution < 1.29 is 0 Å². The van der Waals surface area contributed by atoms with E-state index in [4.69, 9.17) is 5.73 Å². The number of fused-ring (bicyclic) bond motifs is 1. The standard InChI is InChI=1S/C9H18N2/c1-3-6(2)11-4-7-8(5-11)9(7)10/h6-9H,3-5,10H2,1-2H3/t6?,7-,8+,9+. The molecule has 2 nitrogen and oxygen atoms in total. The molecule has 1 unspecified atom stereocenters. The van der Waals surface area contributed by atoms with Crippen LogP contribution in [0.5, 0.6) is 0 Å². The molecule has 2 N–H and O–H groups in total. The van der Waals surface area contributed by atoms with Crippen LogP contribution in [-0.4, -0.2) is 30.1 Å². The molecule has 2 heteroatoms. The van der Waals surface area contributed by atoms with Gasteiger partial charge in [0, 0.05) is 25.2 Å². The van der Waals surface area contributed by atoms with E-state index < -0.39 is 0 Å². The summed E-state index contributed by atoms with van der Waals surface area (Å²) in [6.45, 7) is 7.10. The zero-order valence-corrected chi connectivity index (χ0v) is 7.46. The van der Waals surface area contributed by atoms with E-state index in [2.05, 4.69) is 18.7 Å². The van der Waals surface area contributed by atoms with Gasteiger partial charge in [-0.1, -0.05) is 6.92 Å². The van der Waals surface area contributed by atoms with E-state index >= 15 is 0 Å². The van der Waals surface area contributed by atoms with E-state index in [1.807, 2.05) is 0 Å². The highest BCUT2D eigenvalue weighted by Gasteiger charge is 2.53. The molecular weight excluding hydrogens is 136 g/mol. The molecule has 1 aliphatic carbocycles. The van der Waals surface area contributed by atoms with Crippen LogP contribution in [0.4, 0.5) is 0 Å². The average molecular weight is 154 g/mol. The van der Waals surface area contributed by atoms with Gasteiger partial charge in [0.1, 0.15) is 0 Å². The molecule has 2 fully saturated rings. The van der Waals surface area contributed by atoms with Crippen LogP contribution in [-0.2, 0) is 0 Å². The molecule has 2 aliphatic rings. The Hall–Kier alpha value is -0.0800. The summed E-state index contributed by atoms with van der Waals surface area (Å²) >= 11 is 0. The first kappa shape index (κ1) is 7.56. The van der Waals surface area contributed by atoms with Crippen molar-refractivity contribution in [2.45, 2.75) is 32.4 Å². The third-order valence-corrected chi connectivity index (χ3v) is 3.50. The molecule has 0 spiro atoms. The molecule has 1 saturated carbocycles. The Morgan fingerprint density at radius 2 is 2.00 bits per heavy atom. The van der Waals surface area contributed by atoms with E-state index in [-0.39, 0.29) is 0 Å². The van der Waals surface area contributed by atoms with Crippen LogP contribution in [0.3, 0.4) is 0 Å². The van der Waals surface area contributed by atoms with Crippen molar-refractivity contribution >= 4 is 0 Å². The van der Waals surface area contributed by atoms with Crippen LogP contribution >= 0.6 is 0 Å². The van der Waals surface area contributed by atoms with Gasteiger partial charge in [-0.2, -0.15) is 0 Å². The SMILES string of the molecule is CCC(C)N1C[C@@H]2[C@@H](N)[C@@H]2C1. The largest absolute Gasteiger partial charge is 0.327 e. The van der Waals surface area contributed by atoms with E-state index in [0.29, 0.717) is 6.04 Å². The maximum atomic E-state index is 5.85. The number of nitrogens with two attached hydrogens (primary N) is 1. The van der Waals surface area contributed by atoms with Crippen LogP contribution in [0, 0.1) is 11.8 Å². The van der Waals surface area contributed by atoms with Gasteiger partial charge >= 0.3 is 0 Å². The molecule has 0 bridgehead atoms. The molecule has 0 aromatic carbocycles. The Bertz CT molecular complexity index is 146. The summed E-state index contributed by atoms with van der Waals surface area (Å²) in [5.74, 6) is 1.70. The predicted molar refractivity (Wildman–Crippen MR) is 46.3 cm³/mol. The van der Waals surface area contributed by atoms with E-state index in [1.165, 1.54) is 19.5 Å². The molecule has 0 radical (unpaired) electrons. The van der Waals surface area contributed by atoms with Crippen LogP contribution in [0.2, 0.25) is 0 Å². The number of hydrogen-bond acceptors (Lipinski definition) is 2. The maximum Gasteiger partial charge on any atom is 0.0127 e. The minimum absolute atomic E-state index is 0.551. The lowest BCUT2D eigenvalue weighted by Crippen LogP contribution is -2.35. The number of nitrogens with zero attached hydrogens (tertiary/aromatic N) is 1. The Morgan fingerprint density at radius 3 is 2.45 bits per heavy atom. The minimum Gasteiger partial charge on any atom is -0.327 e. The fourth-order valence-corrected chi connectivity index (χ4v) is 2.22. The quantitative estimate of drug-likeness (QED) is 0.633. The van der Waals surface area contributed by atoms with Gasteiger partial charge in [0.15, 0.2) is 0 Å². The molecular formula is C9H18N2. The lowest BCUT2D eigenvalue weighted by molar-refractivity contribution is 0.224. The Labute approximate surface area is 68.7 Å². The van der Waals surface area contributed by atoms with Crippen molar-refractivity contribution in [1.82, 2.24) is 4.90 Å². The van der Waals surface area contributed by atoms with Crippen molar-refractivity contribution in [2.24, 2.45) is 17.6 Å². The zero-order chi connectivity index (χ0) is 8.01. The summed E-state index contributed by atoms with van der Waals surface area (Å²) < 4.78 is 0. The molecule has 0 aromatic rings. The topological polar surface area (TPSA) is 29.3 Å².